The number of nitrogens with zero attached hydrogens (tertiary/aromatic N) is 4. The number of benzene rings is 1. The molecule has 1 aliphatic heterocycles. The Morgan fingerprint density at radius 1 is 1.25 bits per heavy atom. The first-order chi connectivity index (χ1) is 13.7. The zero-order chi connectivity index (χ0) is 19.1. The third-order valence-electron chi connectivity index (χ3n) is 5.00. The maximum Gasteiger partial charge on any atom is 0.315 e. The highest BCUT2D eigenvalue weighted by Gasteiger charge is 2.18. The van der Waals surface area contributed by atoms with E-state index in [9.17, 15) is 4.79 Å². The molecule has 9 nitrogen and oxygen atoms in total. The van der Waals surface area contributed by atoms with Gasteiger partial charge in [0.2, 0.25) is 0 Å². The number of amides is 2. The van der Waals surface area contributed by atoms with E-state index in [-0.39, 0.29) is 6.03 Å². The van der Waals surface area contributed by atoms with Crippen molar-refractivity contribution < 1.29 is 4.79 Å². The van der Waals surface area contributed by atoms with E-state index < -0.39 is 0 Å². The minimum Gasteiger partial charge on any atom is -0.351 e. The van der Waals surface area contributed by atoms with E-state index in [2.05, 4.69) is 30.5 Å². The Morgan fingerprint density at radius 2 is 2.18 bits per heavy atom. The van der Waals surface area contributed by atoms with Crippen LogP contribution < -0.4 is 11.1 Å². The van der Waals surface area contributed by atoms with Gasteiger partial charge in [0.05, 0.1) is 17.1 Å². The smallest absolute Gasteiger partial charge is 0.315 e. The van der Waals surface area contributed by atoms with Gasteiger partial charge in [-0.05, 0) is 36.3 Å². The highest BCUT2D eigenvalue weighted by Crippen LogP contribution is 2.29. The van der Waals surface area contributed by atoms with Gasteiger partial charge >= 0.3 is 6.03 Å². The third-order valence-corrected chi connectivity index (χ3v) is 5.00. The van der Waals surface area contributed by atoms with Crippen LogP contribution >= 0.6 is 0 Å². The molecule has 140 valence electrons. The van der Waals surface area contributed by atoms with Gasteiger partial charge < -0.3 is 20.9 Å². The van der Waals surface area contributed by atoms with Gasteiger partial charge in [-0.1, -0.05) is 6.08 Å². The lowest BCUT2D eigenvalue weighted by Crippen LogP contribution is -2.38. The Hall–Kier alpha value is -3.88. The Kier molecular flexibility index (Phi) is 3.71. The molecule has 0 radical (unpaired) electrons. The number of primary amides is 1. The van der Waals surface area contributed by atoms with Crippen molar-refractivity contribution in [2.24, 2.45) is 5.73 Å². The van der Waals surface area contributed by atoms with Crippen LogP contribution in [0.5, 0.6) is 0 Å². The lowest BCUT2D eigenvalue weighted by Gasteiger charge is -2.24. The minimum absolute atomic E-state index is 0.390. The summed E-state index contributed by atoms with van der Waals surface area (Å²) in [5, 5.41) is 12.3. The molecule has 5 N–H and O–H groups in total. The number of nitrogens with one attached hydrogen (secondary N) is 3. The first-order valence-electron chi connectivity index (χ1n) is 8.95. The first kappa shape index (κ1) is 16.3. The molecule has 0 saturated heterocycles. The molecular formula is C19H18N8O. The summed E-state index contributed by atoms with van der Waals surface area (Å²) in [6, 6.07) is 7.62. The predicted molar refractivity (Wildman–Crippen MR) is 107 cm³/mol. The zero-order valence-electron chi connectivity index (χ0n) is 14.9. The van der Waals surface area contributed by atoms with Crippen LogP contribution in [0.2, 0.25) is 0 Å². The average Bonchev–Trinajstić information content (AvgIpc) is 3.35. The third kappa shape index (κ3) is 2.82. The number of fused-ring (bicyclic) bond motifs is 2. The van der Waals surface area contributed by atoms with Crippen LogP contribution in [0.1, 0.15) is 12.1 Å². The summed E-state index contributed by atoms with van der Waals surface area (Å²) in [5.74, 6) is 0.727. The topological polar surface area (TPSA) is 129 Å². The number of rotatable bonds is 3. The van der Waals surface area contributed by atoms with Gasteiger partial charge in [-0.15, -0.1) is 0 Å². The van der Waals surface area contributed by atoms with E-state index in [4.69, 9.17) is 5.73 Å². The van der Waals surface area contributed by atoms with Crippen molar-refractivity contribution >= 4 is 45.0 Å². The fourth-order valence-electron chi connectivity index (χ4n) is 3.48. The second-order valence-electron chi connectivity index (χ2n) is 6.73. The SMILES string of the molecule is NC(=O)N1CC=C(c2cc3c(Nc4ccc5[nH]ncc5c4)ncnc3[nH]2)CC1. The summed E-state index contributed by atoms with van der Waals surface area (Å²) in [6.45, 7) is 1.12. The number of H-pyrrole nitrogens is 2. The van der Waals surface area contributed by atoms with E-state index in [1.807, 2.05) is 30.3 Å². The number of nitrogens with two attached hydrogens (primary N) is 1. The fourth-order valence-corrected chi connectivity index (χ4v) is 3.48. The van der Waals surface area contributed by atoms with Crippen LogP contribution in [0.4, 0.5) is 16.3 Å². The normalized spacial score (nSPS) is 14.4. The number of urea groups is 1. The van der Waals surface area contributed by atoms with E-state index in [0.29, 0.717) is 13.1 Å². The highest BCUT2D eigenvalue weighted by molar-refractivity contribution is 5.93. The highest BCUT2D eigenvalue weighted by atomic mass is 16.2. The monoisotopic (exact) mass is 374 g/mol. The number of aromatic nitrogens is 5. The van der Waals surface area contributed by atoms with E-state index in [0.717, 1.165) is 51.1 Å². The number of aromatic amines is 2. The lowest BCUT2D eigenvalue weighted by atomic mass is 10.1. The molecule has 1 aliphatic rings. The predicted octanol–water partition coefficient (Wildman–Crippen LogP) is 2.75. The van der Waals surface area contributed by atoms with Gasteiger partial charge in [0, 0.05) is 29.9 Å². The molecule has 28 heavy (non-hydrogen) atoms. The van der Waals surface area contributed by atoms with Crippen LogP contribution in [0.15, 0.2) is 42.9 Å². The van der Waals surface area contributed by atoms with Crippen molar-refractivity contribution in [3.8, 4) is 0 Å². The van der Waals surface area contributed by atoms with Gasteiger partial charge in [0.15, 0.2) is 0 Å². The van der Waals surface area contributed by atoms with Gasteiger partial charge in [-0.25, -0.2) is 14.8 Å². The van der Waals surface area contributed by atoms with Crippen molar-refractivity contribution in [2.45, 2.75) is 6.42 Å². The van der Waals surface area contributed by atoms with Gasteiger partial charge in [0.25, 0.3) is 0 Å². The summed E-state index contributed by atoms with van der Waals surface area (Å²) < 4.78 is 0. The standard InChI is InChI=1S/C19H18N8O/c20-19(28)27-5-3-11(4-6-27)16-8-14-17(21-10-22-18(14)25-16)24-13-1-2-15-12(7-13)9-23-26-15/h1-3,7-10H,4-6H2,(H2,20,28)(H,23,26)(H2,21,22,24,25). The van der Waals surface area contributed by atoms with E-state index in [1.54, 1.807) is 11.1 Å². The molecular weight excluding hydrogens is 356 g/mol. The summed E-state index contributed by atoms with van der Waals surface area (Å²) in [7, 11) is 0. The quantitative estimate of drug-likeness (QED) is 0.438. The molecule has 0 fully saturated rings. The molecule has 4 heterocycles. The average molecular weight is 374 g/mol. The van der Waals surface area contributed by atoms with Crippen molar-refractivity contribution in [3.05, 3.63) is 48.6 Å². The number of carbonyl (C=O) groups excluding carboxylic acids is 1. The largest absolute Gasteiger partial charge is 0.351 e. The maximum absolute atomic E-state index is 11.3. The second-order valence-corrected chi connectivity index (χ2v) is 6.73. The molecule has 3 aromatic heterocycles. The Morgan fingerprint density at radius 3 is 3.00 bits per heavy atom. The zero-order valence-corrected chi connectivity index (χ0v) is 14.9. The van der Waals surface area contributed by atoms with Crippen molar-refractivity contribution in [3.63, 3.8) is 0 Å². The van der Waals surface area contributed by atoms with E-state index >= 15 is 0 Å². The second kappa shape index (κ2) is 6.38. The van der Waals surface area contributed by atoms with Gasteiger partial charge in [-0.3, -0.25) is 5.10 Å². The molecule has 0 atom stereocenters. The van der Waals surface area contributed by atoms with Crippen molar-refractivity contribution in [1.29, 1.82) is 0 Å². The summed E-state index contributed by atoms with van der Waals surface area (Å²) in [6.07, 6.45) is 6.08. The molecule has 0 aliphatic carbocycles. The molecule has 5 rings (SSSR count). The van der Waals surface area contributed by atoms with E-state index in [1.165, 1.54) is 6.33 Å². The number of carbonyl (C=O) groups is 1. The van der Waals surface area contributed by atoms with Crippen molar-refractivity contribution in [1.82, 2.24) is 30.0 Å². The molecule has 9 heteroatoms. The molecule has 2 amide bonds. The van der Waals surface area contributed by atoms with Crippen LogP contribution in [-0.2, 0) is 0 Å². The molecule has 0 saturated carbocycles. The molecule has 0 bridgehead atoms. The lowest BCUT2D eigenvalue weighted by molar-refractivity contribution is 0.213. The van der Waals surface area contributed by atoms with Crippen LogP contribution in [0.3, 0.4) is 0 Å². The molecule has 0 spiro atoms. The Balaban J connectivity index is 1.46. The number of anilines is 2. The van der Waals surface area contributed by atoms with Crippen LogP contribution in [-0.4, -0.2) is 49.2 Å². The van der Waals surface area contributed by atoms with Gasteiger partial charge in [0.1, 0.15) is 17.8 Å². The summed E-state index contributed by atoms with van der Waals surface area (Å²) in [4.78, 5) is 25.0. The summed E-state index contributed by atoms with van der Waals surface area (Å²) in [5.41, 5.74) is 10.1. The minimum atomic E-state index is -0.390. The maximum atomic E-state index is 11.3. The van der Waals surface area contributed by atoms with Gasteiger partial charge in [-0.2, -0.15) is 5.10 Å². The Bertz CT molecular complexity index is 1220. The molecule has 1 aromatic carbocycles. The number of hydrogen-bond acceptors (Lipinski definition) is 5. The Labute approximate surface area is 159 Å². The fraction of sp³-hybridized carbons (Fsp3) is 0.158. The molecule has 0 unspecified atom stereocenters. The summed E-state index contributed by atoms with van der Waals surface area (Å²) >= 11 is 0. The number of hydrogen-bond donors (Lipinski definition) is 4. The van der Waals surface area contributed by atoms with Crippen LogP contribution in [0, 0.1) is 0 Å². The first-order valence-corrected chi connectivity index (χ1v) is 8.95. The van der Waals surface area contributed by atoms with Crippen molar-refractivity contribution in [2.75, 3.05) is 18.4 Å². The van der Waals surface area contributed by atoms with Crippen LogP contribution in [0.25, 0.3) is 27.5 Å². The molecule has 4 aromatic rings.